The number of aromatic nitrogens is 2. The van der Waals surface area contributed by atoms with Gasteiger partial charge in [-0.15, -0.1) is 0 Å². The van der Waals surface area contributed by atoms with Gasteiger partial charge in [-0.3, -0.25) is 0 Å². The smallest absolute Gasteiger partial charge is 0.315 e. The Kier molecular flexibility index (Phi) is 4.27. The fourth-order valence-electron chi connectivity index (χ4n) is 2.35. The number of nitrogens with one attached hydrogen (secondary N) is 2. The Labute approximate surface area is 133 Å². The number of urea groups is 1. The van der Waals surface area contributed by atoms with Gasteiger partial charge in [0.25, 0.3) is 0 Å². The van der Waals surface area contributed by atoms with Gasteiger partial charge in [-0.05, 0) is 56.9 Å². The first-order valence-corrected chi connectivity index (χ1v) is 7.69. The van der Waals surface area contributed by atoms with E-state index in [-0.39, 0.29) is 17.9 Å². The molecular formula is C16H19FN4O2. The first-order valence-electron chi connectivity index (χ1n) is 7.69. The fourth-order valence-corrected chi connectivity index (χ4v) is 2.35. The molecule has 1 aromatic heterocycles. The van der Waals surface area contributed by atoms with Crippen LogP contribution in [0.4, 0.5) is 9.18 Å². The topological polar surface area (TPSA) is 80.0 Å². The van der Waals surface area contributed by atoms with Crippen molar-refractivity contribution in [2.45, 2.75) is 38.8 Å². The number of halogens is 1. The number of carbonyl (C=O) groups is 1. The second-order valence-corrected chi connectivity index (χ2v) is 5.93. The number of rotatable bonds is 5. The first-order chi connectivity index (χ1) is 11.0. The van der Waals surface area contributed by atoms with Crippen LogP contribution in [0.1, 0.15) is 38.6 Å². The molecule has 1 aliphatic rings. The van der Waals surface area contributed by atoms with E-state index in [0.29, 0.717) is 23.2 Å². The monoisotopic (exact) mass is 318 g/mol. The van der Waals surface area contributed by atoms with Crippen LogP contribution in [0.15, 0.2) is 28.8 Å². The summed E-state index contributed by atoms with van der Waals surface area (Å²) in [6, 6.07) is 5.32. The molecule has 2 aromatic rings. The lowest BCUT2D eigenvalue weighted by Gasteiger charge is -2.15. The lowest BCUT2D eigenvalue weighted by molar-refractivity contribution is 0.229. The Hall–Kier alpha value is -2.44. The molecule has 6 nitrogen and oxygen atoms in total. The third kappa shape index (κ3) is 3.85. The highest BCUT2D eigenvalue weighted by molar-refractivity contribution is 5.74. The summed E-state index contributed by atoms with van der Waals surface area (Å²) in [6.07, 6.45) is 2.34. The molecule has 2 N–H and O–H groups in total. The predicted molar refractivity (Wildman–Crippen MR) is 82.0 cm³/mol. The molecule has 23 heavy (non-hydrogen) atoms. The van der Waals surface area contributed by atoms with Crippen molar-refractivity contribution in [3.8, 4) is 11.4 Å². The highest BCUT2D eigenvalue weighted by atomic mass is 19.1. The Balaban J connectivity index is 1.60. The summed E-state index contributed by atoms with van der Waals surface area (Å²) in [5, 5.41) is 9.55. The van der Waals surface area contributed by atoms with Crippen molar-refractivity contribution in [3.05, 3.63) is 36.0 Å². The SMILES string of the molecule is CC(NC(=O)NC(C)C1CC1)c1nc(-c2ccc(F)cc2)no1. The first kappa shape index (κ1) is 15.5. The van der Waals surface area contributed by atoms with E-state index < -0.39 is 6.04 Å². The van der Waals surface area contributed by atoms with Crippen molar-refractivity contribution >= 4 is 6.03 Å². The van der Waals surface area contributed by atoms with Crippen LogP contribution >= 0.6 is 0 Å². The molecule has 1 fully saturated rings. The van der Waals surface area contributed by atoms with E-state index in [4.69, 9.17) is 4.52 Å². The third-order valence-electron chi connectivity index (χ3n) is 3.95. The molecule has 0 bridgehead atoms. The Bertz CT molecular complexity index is 682. The second-order valence-electron chi connectivity index (χ2n) is 5.93. The number of hydrogen-bond acceptors (Lipinski definition) is 4. The Morgan fingerprint density at radius 1 is 1.26 bits per heavy atom. The second kappa shape index (κ2) is 6.36. The van der Waals surface area contributed by atoms with Crippen LogP contribution in [-0.4, -0.2) is 22.2 Å². The van der Waals surface area contributed by atoms with Gasteiger partial charge in [0, 0.05) is 11.6 Å². The average molecular weight is 318 g/mol. The van der Waals surface area contributed by atoms with Crippen LogP contribution in [0.25, 0.3) is 11.4 Å². The zero-order valence-electron chi connectivity index (χ0n) is 13.0. The van der Waals surface area contributed by atoms with E-state index in [1.54, 1.807) is 19.1 Å². The zero-order chi connectivity index (χ0) is 16.4. The van der Waals surface area contributed by atoms with E-state index in [9.17, 15) is 9.18 Å². The molecule has 2 atom stereocenters. The number of nitrogens with zero attached hydrogens (tertiary/aromatic N) is 2. The minimum atomic E-state index is -0.414. The van der Waals surface area contributed by atoms with Gasteiger partial charge < -0.3 is 15.2 Å². The molecule has 7 heteroatoms. The summed E-state index contributed by atoms with van der Waals surface area (Å²) in [6.45, 7) is 3.77. The summed E-state index contributed by atoms with van der Waals surface area (Å²) in [5.41, 5.74) is 0.653. The maximum absolute atomic E-state index is 12.9. The molecule has 1 saturated carbocycles. The quantitative estimate of drug-likeness (QED) is 0.888. The van der Waals surface area contributed by atoms with Crippen molar-refractivity contribution < 1.29 is 13.7 Å². The lowest BCUT2D eigenvalue weighted by Crippen LogP contribution is -2.42. The zero-order valence-corrected chi connectivity index (χ0v) is 13.0. The predicted octanol–water partition coefficient (Wildman–Crippen LogP) is 3.03. The maximum atomic E-state index is 12.9. The molecule has 0 radical (unpaired) electrons. The van der Waals surface area contributed by atoms with Crippen LogP contribution in [0, 0.1) is 11.7 Å². The van der Waals surface area contributed by atoms with E-state index >= 15 is 0 Å². The van der Waals surface area contributed by atoms with Crippen LogP contribution in [0.2, 0.25) is 0 Å². The van der Waals surface area contributed by atoms with Crippen molar-refractivity contribution in [1.82, 2.24) is 20.8 Å². The molecule has 1 aromatic carbocycles. The summed E-state index contributed by atoms with van der Waals surface area (Å²) >= 11 is 0. The average Bonchev–Trinajstić information content (AvgIpc) is 3.25. The molecule has 1 aliphatic carbocycles. The van der Waals surface area contributed by atoms with Crippen LogP contribution < -0.4 is 10.6 Å². The Morgan fingerprint density at radius 3 is 2.61 bits per heavy atom. The summed E-state index contributed by atoms with van der Waals surface area (Å²) in [4.78, 5) is 16.2. The van der Waals surface area contributed by atoms with Gasteiger partial charge >= 0.3 is 6.03 Å². The third-order valence-corrected chi connectivity index (χ3v) is 3.95. The highest BCUT2D eigenvalue weighted by Crippen LogP contribution is 2.32. The largest absolute Gasteiger partial charge is 0.337 e. The number of amides is 2. The Morgan fingerprint density at radius 2 is 1.96 bits per heavy atom. The van der Waals surface area contributed by atoms with Gasteiger partial charge in [0.1, 0.15) is 11.9 Å². The fraction of sp³-hybridized carbons (Fsp3) is 0.438. The number of hydrogen-bond donors (Lipinski definition) is 2. The highest BCUT2D eigenvalue weighted by Gasteiger charge is 2.29. The molecule has 0 saturated heterocycles. The number of benzene rings is 1. The van der Waals surface area contributed by atoms with Crippen molar-refractivity contribution in [2.24, 2.45) is 5.92 Å². The van der Waals surface area contributed by atoms with Crippen LogP contribution in [0.3, 0.4) is 0 Å². The van der Waals surface area contributed by atoms with E-state index in [0.717, 1.165) is 0 Å². The molecule has 0 spiro atoms. The van der Waals surface area contributed by atoms with Gasteiger partial charge in [-0.2, -0.15) is 4.98 Å². The van der Waals surface area contributed by atoms with E-state index in [1.807, 2.05) is 6.92 Å². The van der Waals surface area contributed by atoms with Gasteiger partial charge in [0.2, 0.25) is 11.7 Å². The summed E-state index contributed by atoms with van der Waals surface area (Å²) in [7, 11) is 0. The van der Waals surface area contributed by atoms with Gasteiger partial charge in [-0.1, -0.05) is 5.16 Å². The van der Waals surface area contributed by atoms with E-state index in [2.05, 4.69) is 20.8 Å². The minimum absolute atomic E-state index is 0.166. The van der Waals surface area contributed by atoms with Crippen LogP contribution in [-0.2, 0) is 0 Å². The van der Waals surface area contributed by atoms with E-state index in [1.165, 1.54) is 25.0 Å². The maximum Gasteiger partial charge on any atom is 0.315 e. The number of carbonyl (C=O) groups excluding carboxylic acids is 1. The molecule has 3 rings (SSSR count). The standard InChI is InChI=1S/C16H19FN4O2/c1-9(11-3-4-11)18-16(22)19-10(2)15-20-14(21-23-15)12-5-7-13(17)8-6-12/h5-11H,3-4H2,1-2H3,(H2,18,19,22). The van der Waals surface area contributed by atoms with Gasteiger partial charge in [0.15, 0.2) is 0 Å². The summed E-state index contributed by atoms with van der Waals surface area (Å²) < 4.78 is 18.1. The lowest BCUT2D eigenvalue weighted by atomic mass is 10.2. The minimum Gasteiger partial charge on any atom is -0.337 e. The molecular weight excluding hydrogens is 299 g/mol. The molecule has 122 valence electrons. The summed E-state index contributed by atoms with van der Waals surface area (Å²) in [5.74, 6) is 0.928. The van der Waals surface area contributed by atoms with Crippen molar-refractivity contribution in [3.63, 3.8) is 0 Å². The van der Waals surface area contributed by atoms with Crippen molar-refractivity contribution in [2.75, 3.05) is 0 Å². The molecule has 2 unspecified atom stereocenters. The molecule has 1 heterocycles. The molecule has 2 amide bonds. The van der Waals surface area contributed by atoms with Gasteiger partial charge in [0.05, 0.1) is 0 Å². The van der Waals surface area contributed by atoms with Gasteiger partial charge in [-0.25, -0.2) is 9.18 Å². The normalized spacial score (nSPS) is 16.7. The molecule has 0 aliphatic heterocycles. The van der Waals surface area contributed by atoms with Crippen LogP contribution in [0.5, 0.6) is 0 Å². The van der Waals surface area contributed by atoms with Crippen molar-refractivity contribution in [1.29, 1.82) is 0 Å².